The Balaban J connectivity index is 1.83. The van der Waals surface area contributed by atoms with E-state index in [1.165, 1.54) is 21.9 Å². The number of hydroxylamine groups is 2. The molecule has 2 amide bonds. The molecule has 1 heterocycles. The summed E-state index contributed by atoms with van der Waals surface area (Å²) in [6, 6.07) is 7.47. The van der Waals surface area contributed by atoms with E-state index in [1.807, 2.05) is 0 Å². The van der Waals surface area contributed by atoms with Gasteiger partial charge in [-0.3, -0.25) is 15.0 Å². The number of benzene rings is 2. The standard InChI is InChI=1S/C21H21F4N5O5S/c1-36(33,34)35-30(20(26)27)19(32)14-4-7-17(16(12-14)21(23,24)25)28-8-10-29(11-9-28)18(31)13-2-5-15(22)6-3-13/h2-7,12H,8-11H2,1H3,(H3,26,27). The lowest BCUT2D eigenvalue weighted by Gasteiger charge is -2.37. The van der Waals surface area contributed by atoms with Crippen LogP contribution >= 0.6 is 0 Å². The Kier molecular flexibility index (Phi) is 7.54. The van der Waals surface area contributed by atoms with Crippen molar-refractivity contribution in [1.29, 1.82) is 5.41 Å². The largest absolute Gasteiger partial charge is 0.418 e. The van der Waals surface area contributed by atoms with Crippen LogP contribution in [0.1, 0.15) is 26.3 Å². The van der Waals surface area contributed by atoms with Crippen LogP contribution in [0, 0.1) is 11.2 Å². The van der Waals surface area contributed by atoms with Gasteiger partial charge < -0.3 is 15.5 Å². The number of nitrogens with zero attached hydrogens (tertiary/aromatic N) is 3. The molecule has 3 N–H and O–H groups in total. The third kappa shape index (κ3) is 6.28. The molecule has 1 saturated heterocycles. The van der Waals surface area contributed by atoms with Crippen LogP contribution in [0.2, 0.25) is 0 Å². The van der Waals surface area contributed by atoms with Gasteiger partial charge in [-0.05, 0) is 42.5 Å². The summed E-state index contributed by atoms with van der Waals surface area (Å²) in [5, 5.41) is 7.19. The molecular weight excluding hydrogens is 510 g/mol. The molecule has 15 heteroatoms. The van der Waals surface area contributed by atoms with Gasteiger partial charge in [-0.15, -0.1) is 9.35 Å². The predicted molar refractivity (Wildman–Crippen MR) is 120 cm³/mol. The van der Waals surface area contributed by atoms with Crippen LogP contribution in [-0.4, -0.2) is 68.6 Å². The van der Waals surface area contributed by atoms with E-state index in [4.69, 9.17) is 11.1 Å². The van der Waals surface area contributed by atoms with E-state index in [0.717, 1.165) is 24.3 Å². The van der Waals surface area contributed by atoms with E-state index in [9.17, 15) is 35.6 Å². The highest BCUT2D eigenvalue weighted by atomic mass is 32.2. The van der Waals surface area contributed by atoms with Crippen molar-refractivity contribution in [1.82, 2.24) is 9.96 Å². The number of hydrogen-bond acceptors (Lipinski definition) is 7. The number of carbonyl (C=O) groups excluding carboxylic acids is 2. The number of piperazine rings is 1. The SMILES string of the molecule is CS(=O)(=O)ON(C(=N)N)C(=O)c1ccc(N2CCN(C(=O)c3ccc(F)cc3)CC2)c(C(F)(F)F)c1. The number of guanidine groups is 1. The van der Waals surface area contributed by atoms with Gasteiger partial charge in [0.15, 0.2) is 0 Å². The Morgan fingerprint density at radius 3 is 2.08 bits per heavy atom. The zero-order chi connectivity index (χ0) is 26.8. The van der Waals surface area contributed by atoms with Gasteiger partial charge in [0.05, 0.1) is 11.8 Å². The van der Waals surface area contributed by atoms with Crippen molar-refractivity contribution in [3.8, 4) is 0 Å². The number of nitrogens with one attached hydrogen (secondary N) is 1. The summed E-state index contributed by atoms with van der Waals surface area (Å²) < 4.78 is 81.8. The lowest BCUT2D eigenvalue weighted by molar-refractivity contribution is -0.137. The lowest BCUT2D eigenvalue weighted by Crippen LogP contribution is -2.49. The molecule has 0 aromatic heterocycles. The highest BCUT2D eigenvalue weighted by Crippen LogP contribution is 2.38. The molecule has 3 rings (SSSR count). The van der Waals surface area contributed by atoms with Crippen molar-refractivity contribution >= 4 is 33.6 Å². The van der Waals surface area contributed by atoms with Gasteiger partial charge in [0.25, 0.3) is 21.9 Å². The molecule has 0 radical (unpaired) electrons. The van der Waals surface area contributed by atoms with Crippen molar-refractivity contribution < 1.29 is 39.9 Å². The molecule has 36 heavy (non-hydrogen) atoms. The predicted octanol–water partition coefficient (Wildman–Crippen LogP) is 2.03. The van der Waals surface area contributed by atoms with Gasteiger partial charge in [-0.1, -0.05) is 0 Å². The van der Waals surface area contributed by atoms with Crippen LogP contribution in [0.4, 0.5) is 23.2 Å². The number of hydrogen-bond donors (Lipinski definition) is 2. The Bertz CT molecular complexity index is 1280. The third-order valence-electron chi connectivity index (χ3n) is 5.16. The van der Waals surface area contributed by atoms with E-state index in [0.29, 0.717) is 12.3 Å². The average molecular weight is 531 g/mol. The van der Waals surface area contributed by atoms with Crippen molar-refractivity contribution in [2.24, 2.45) is 5.73 Å². The summed E-state index contributed by atoms with van der Waals surface area (Å²) in [6.07, 6.45) is -4.33. The fraction of sp³-hybridized carbons (Fsp3) is 0.286. The normalized spacial score (nSPS) is 14.5. The second-order valence-electron chi connectivity index (χ2n) is 7.78. The molecular formula is C21H21F4N5O5S. The molecule has 0 aliphatic carbocycles. The average Bonchev–Trinajstić information content (AvgIpc) is 2.80. The first-order valence-electron chi connectivity index (χ1n) is 10.3. The minimum atomic E-state index is -4.90. The molecule has 0 bridgehead atoms. The van der Waals surface area contributed by atoms with Crippen molar-refractivity contribution in [2.75, 3.05) is 37.3 Å². The fourth-order valence-electron chi connectivity index (χ4n) is 3.53. The van der Waals surface area contributed by atoms with Crippen LogP contribution in [0.3, 0.4) is 0 Å². The number of alkyl halides is 3. The zero-order valence-electron chi connectivity index (χ0n) is 18.8. The fourth-order valence-corrected chi connectivity index (χ4v) is 3.95. The van der Waals surface area contributed by atoms with Crippen molar-refractivity contribution in [3.63, 3.8) is 0 Å². The smallest absolute Gasteiger partial charge is 0.368 e. The molecule has 194 valence electrons. The van der Waals surface area contributed by atoms with Gasteiger partial charge in [0, 0.05) is 43.0 Å². The number of nitrogens with two attached hydrogens (primary N) is 1. The first-order valence-corrected chi connectivity index (χ1v) is 12.1. The molecule has 0 unspecified atom stereocenters. The molecule has 1 aliphatic rings. The topological polar surface area (TPSA) is 137 Å². The van der Waals surface area contributed by atoms with E-state index in [2.05, 4.69) is 4.28 Å². The number of halogens is 4. The monoisotopic (exact) mass is 531 g/mol. The van der Waals surface area contributed by atoms with E-state index in [1.54, 1.807) is 0 Å². The van der Waals surface area contributed by atoms with Crippen LogP contribution in [0.15, 0.2) is 42.5 Å². The van der Waals surface area contributed by atoms with Crippen LogP contribution < -0.4 is 10.6 Å². The Hall–Kier alpha value is -3.72. The van der Waals surface area contributed by atoms with E-state index < -0.39 is 45.1 Å². The number of rotatable bonds is 5. The summed E-state index contributed by atoms with van der Waals surface area (Å²) >= 11 is 0. The molecule has 0 saturated carbocycles. The third-order valence-corrected chi connectivity index (χ3v) is 5.58. The maximum absolute atomic E-state index is 13.9. The molecule has 0 spiro atoms. The van der Waals surface area contributed by atoms with E-state index in [-0.39, 0.29) is 48.4 Å². The highest BCUT2D eigenvalue weighted by Gasteiger charge is 2.37. The molecule has 2 aromatic rings. The van der Waals surface area contributed by atoms with Crippen LogP contribution in [-0.2, 0) is 20.6 Å². The van der Waals surface area contributed by atoms with Gasteiger partial charge in [-0.25, -0.2) is 4.39 Å². The highest BCUT2D eigenvalue weighted by molar-refractivity contribution is 7.85. The van der Waals surface area contributed by atoms with Crippen molar-refractivity contribution in [2.45, 2.75) is 6.18 Å². The lowest BCUT2D eigenvalue weighted by atomic mass is 10.1. The summed E-state index contributed by atoms with van der Waals surface area (Å²) in [5.74, 6) is -3.43. The Morgan fingerprint density at radius 2 is 1.58 bits per heavy atom. The van der Waals surface area contributed by atoms with Gasteiger partial charge in [0.2, 0.25) is 5.96 Å². The maximum atomic E-state index is 13.9. The quantitative estimate of drug-likeness (QED) is 0.261. The molecule has 10 nitrogen and oxygen atoms in total. The van der Waals surface area contributed by atoms with Crippen LogP contribution in [0.5, 0.6) is 0 Å². The van der Waals surface area contributed by atoms with Gasteiger partial charge in [-0.2, -0.15) is 21.6 Å². The number of carbonyl (C=O) groups is 2. The maximum Gasteiger partial charge on any atom is 0.418 e. The van der Waals surface area contributed by atoms with Gasteiger partial charge in [0.1, 0.15) is 5.82 Å². The Labute approximate surface area is 203 Å². The zero-order valence-corrected chi connectivity index (χ0v) is 19.6. The van der Waals surface area contributed by atoms with Gasteiger partial charge >= 0.3 is 6.18 Å². The number of amides is 2. The molecule has 0 atom stereocenters. The van der Waals surface area contributed by atoms with Crippen LogP contribution in [0.25, 0.3) is 0 Å². The van der Waals surface area contributed by atoms with Crippen molar-refractivity contribution in [3.05, 3.63) is 65.0 Å². The minimum absolute atomic E-state index is 0.0417. The minimum Gasteiger partial charge on any atom is -0.368 e. The molecule has 1 fully saturated rings. The second-order valence-corrected chi connectivity index (χ2v) is 9.34. The summed E-state index contributed by atoms with van der Waals surface area (Å²) in [4.78, 5) is 28.0. The molecule has 1 aliphatic heterocycles. The summed E-state index contributed by atoms with van der Waals surface area (Å²) in [6.45, 7) is 0.267. The summed E-state index contributed by atoms with van der Waals surface area (Å²) in [5.41, 5.74) is 3.34. The number of anilines is 1. The second kappa shape index (κ2) is 10.1. The first kappa shape index (κ1) is 26.9. The first-order chi connectivity index (χ1) is 16.7. The van der Waals surface area contributed by atoms with E-state index >= 15 is 0 Å². The molecule has 2 aromatic carbocycles. The Morgan fingerprint density at radius 1 is 1.03 bits per heavy atom. The summed E-state index contributed by atoms with van der Waals surface area (Å²) in [7, 11) is -4.32.